The van der Waals surface area contributed by atoms with Crippen LogP contribution in [0.5, 0.6) is 0 Å². The molecule has 0 aliphatic rings. The van der Waals surface area contributed by atoms with Gasteiger partial charge in [0.25, 0.3) is 0 Å². The highest BCUT2D eigenvalue weighted by molar-refractivity contribution is 7.80. The summed E-state index contributed by atoms with van der Waals surface area (Å²) in [5, 5.41) is 15.1. The second-order valence-electron chi connectivity index (χ2n) is 1.66. The Morgan fingerprint density at radius 2 is 0.688 bits per heavy atom. The Bertz CT molecular complexity index is 21.9. The molecule has 0 aromatic rings. The van der Waals surface area contributed by atoms with Crippen LogP contribution in [0.2, 0.25) is 0 Å². The normalized spacial score (nSPS) is 4.50. The Kier molecular flexibility index (Phi) is 591. The summed E-state index contributed by atoms with van der Waals surface area (Å²) in [7, 11) is 0. The van der Waals surface area contributed by atoms with E-state index in [0.717, 1.165) is 5.75 Å². The molecule has 16 heavy (non-hydrogen) atoms. The van der Waals surface area contributed by atoms with Crippen molar-refractivity contribution in [2.45, 2.75) is 70.7 Å². The van der Waals surface area contributed by atoms with Gasteiger partial charge in [-0.05, 0) is 19.6 Å². The second kappa shape index (κ2) is 171. The predicted molar refractivity (Wildman–Crippen MR) is 87.9 cm³/mol. The van der Waals surface area contributed by atoms with Crippen LogP contribution >= 0.6 is 12.6 Å². The van der Waals surface area contributed by atoms with Crippen LogP contribution in [0.1, 0.15) is 70.7 Å². The first-order valence-corrected chi connectivity index (χ1v) is 5.12. The fraction of sp³-hybridized carbons (Fsp3) is 1.00. The van der Waals surface area contributed by atoms with E-state index in [1.54, 1.807) is 13.8 Å². The third kappa shape index (κ3) is 34500. The first-order valence-electron chi connectivity index (χ1n) is 4.48. The summed E-state index contributed by atoms with van der Waals surface area (Å²) < 4.78 is 0. The zero-order valence-corrected chi connectivity index (χ0v) is 10.1. The minimum Gasteiger partial charge on any atom is -0.397 e. The molecule has 2 nitrogen and oxygen atoms in total. The van der Waals surface area contributed by atoms with Crippen LogP contribution in [0.3, 0.4) is 0 Å². The topological polar surface area (TPSA) is 40.5 Å². The fourth-order valence-corrected chi connectivity index (χ4v) is 0. The molecule has 0 saturated carbocycles. The van der Waals surface area contributed by atoms with Crippen LogP contribution in [0.4, 0.5) is 0 Å². The third-order valence-electron chi connectivity index (χ3n) is 0. The quantitative estimate of drug-likeness (QED) is 0.544. The standard InChI is InChI=1S/C3H8.2C2H6O.C2H6S.4CH4/c1-3-2;3*1-2-3;;;;/h3H2,1-2H3;3*3H,2H2,1H3;4*1H4. The van der Waals surface area contributed by atoms with Gasteiger partial charge in [-0.15, -0.1) is 0 Å². The first-order chi connectivity index (χ1) is 5.66. The summed E-state index contributed by atoms with van der Waals surface area (Å²) in [6.07, 6.45) is 1.25. The smallest absolute Gasteiger partial charge is 0.0402 e. The van der Waals surface area contributed by atoms with Crippen LogP contribution in [0.15, 0.2) is 0 Å². The maximum absolute atomic E-state index is 7.57. The van der Waals surface area contributed by atoms with E-state index >= 15 is 0 Å². The largest absolute Gasteiger partial charge is 0.397 e. The van der Waals surface area contributed by atoms with Crippen molar-refractivity contribution in [3.8, 4) is 0 Å². The van der Waals surface area contributed by atoms with Crippen molar-refractivity contribution in [1.29, 1.82) is 0 Å². The zero-order chi connectivity index (χ0) is 10.8. The van der Waals surface area contributed by atoms with Crippen LogP contribution in [-0.2, 0) is 0 Å². The lowest BCUT2D eigenvalue weighted by molar-refractivity contribution is 0.318. The van der Waals surface area contributed by atoms with Crippen molar-refractivity contribution < 1.29 is 10.2 Å². The van der Waals surface area contributed by atoms with Crippen LogP contribution in [-0.4, -0.2) is 29.2 Å². The predicted octanol–water partition coefficient (Wildman–Crippen LogP) is 4.89. The minimum atomic E-state index is 0. The van der Waals surface area contributed by atoms with E-state index in [9.17, 15) is 0 Å². The van der Waals surface area contributed by atoms with E-state index in [2.05, 4.69) is 26.5 Å². The molecule has 0 heterocycles. The average molecular weight is 263 g/mol. The van der Waals surface area contributed by atoms with Gasteiger partial charge in [0.1, 0.15) is 0 Å². The Morgan fingerprint density at radius 3 is 0.688 bits per heavy atom. The lowest BCUT2D eigenvalue weighted by atomic mass is 10.6. The van der Waals surface area contributed by atoms with Crippen molar-refractivity contribution >= 4 is 12.6 Å². The van der Waals surface area contributed by atoms with Crippen LogP contribution < -0.4 is 0 Å². The van der Waals surface area contributed by atoms with E-state index in [1.165, 1.54) is 6.42 Å². The number of aliphatic hydroxyl groups excluding tert-OH is 2. The van der Waals surface area contributed by atoms with Gasteiger partial charge in [0.05, 0.1) is 0 Å². The molecule has 0 radical (unpaired) electrons. The van der Waals surface area contributed by atoms with E-state index < -0.39 is 0 Å². The molecule has 3 heteroatoms. The molecule has 0 unspecified atom stereocenters. The highest BCUT2D eigenvalue weighted by Gasteiger charge is 1.36. The SMILES string of the molecule is C.C.C.C.CCC.CCO.CCO.CCS. The zero-order valence-electron chi connectivity index (χ0n) is 9.17. The molecule has 0 aliphatic heterocycles. The number of hydrogen-bond donors (Lipinski definition) is 3. The molecule has 0 amide bonds. The molecular formula is C13H42O2S. The van der Waals surface area contributed by atoms with Crippen molar-refractivity contribution in [3.05, 3.63) is 0 Å². The number of aliphatic hydroxyl groups is 2. The van der Waals surface area contributed by atoms with Crippen molar-refractivity contribution in [1.82, 2.24) is 0 Å². The Morgan fingerprint density at radius 1 is 0.688 bits per heavy atom. The van der Waals surface area contributed by atoms with Gasteiger partial charge in [0, 0.05) is 13.2 Å². The lowest BCUT2D eigenvalue weighted by Crippen LogP contribution is -1.57. The monoisotopic (exact) mass is 262 g/mol. The molecule has 0 bridgehead atoms. The van der Waals surface area contributed by atoms with Gasteiger partial charge < -0.3 is 10.2 Å². The van der Waals surface area contributed by atoms with Crippen LogP contribution in [0, 0.1) is 0 Å². The Labute approximate surface area is 113 Å². The van der Waals surface area contributed by atoms with Gasteiger partial charge in [-0.25, -0.2) is 0 Å². The molecule has 112 valence electrons. The first kappa shape index (κ1) is 55.5. The molecule has 0 aliphatic carbocycles. The lowest BCUT2D eigenvalue weighted by Gasteiger charge is -1.52. The molecule has 0 fully saturated rings. The van der Waals surface area contributed by atoms with E-state index in [1.807, 2.05) is 6.92 Å². The van der Waals surface area contributed by atoms with Crippen molar-refractivity contribution in [3.63, 3.8) is 0 Å². The second-order valence-corrected chi connectivity index (χ2v) is 2.29. The molecular weight excluding hydrogens is 220 g/mol. The van der Waals surface area contributed by atoms with Gasteiger partial charge in [-0.2, -0.15) is 12.6 Å². The Balaban J connectivity index is -0.00000000821. The van der Waals surface area contributed by atoms with Gasteiger partial charge in [0.15, 0.2) is 0 Å². The Hall–Kier alpha value is 0.270. The minimum absolute atomic E-state index is 0. The highest BCUT2D eigenvalue weighted by Crippen LogP contribution is 1.58. The maximum atomic E-state index is 7.57. The number of hydrogen-bond acceptors (Lipinski definition) is 3. The van der Waals surface area contributed by atoms with E-state index in [4.69, 9.17) is 10.2 Å². The summed E-state index contributed by atoms with van der Waals surface area (Å²) in [5.41, 5.74) is 0. The molecule has 0 atom stereocenters. The molecule has 0 spiro atoms. The van der Waals surface area contributed by atoms with Gasteiger partial charge in [-0.3, -0.25) is 0 Å². The van der Waals surface area contributed by atoms with E-state index in [0.29, 0.717) is 0 Å². The summed E-state index contributed by atoms with van der Waals surface area (Å²) in [6, 6.07) is 0. The molecule has 0 rings (SSSR count). The molecule has 0 aromatic heterocycles. The number of rotatable bonds is 0. The highest BCUT2D eigenvalue weighted by atomic mass is 32.1. The van der Waals surface area contributed by atoms with Gasteiger partial charge in [-0.1, -0.05) is 56.9 Å². The summed E-state index contributed by atoms with van der Waals surface area (Å²) >= 11 is 3.79. The maximum Gasteiger partial charge on any atom is 0.0402 e. The van der Waals surface area contributed by atoms with Gasteiger partial charge >= 0.3 is 0 Å². The van der Waals surface area contributed by atoms with Crippen LogP contribution in [0.25, 0.3) is 0 Å². The molecule has 0 saturated heterocycles. The summed E-state index contributed by atoms with van der Waals surface area (Å²) in [4.78, 5) is 0. The average Bonchev–Trinajstić information content (AvgIpc) is 1.92. The number of thiol groups is 1. The van der Waals surface area contributed by atoms with Crippen molar-refractivity contribution in [2.75, 3.05) is 19.0 Å². The summed E-state index contributed by atoms with van der Waals surface area (Å²) in [5.74, 6) is 0.944. The molecule has 0 aromatic carbocycles. The fourth-order valence-electron chi connectivity index (χ4n) is 0. The van der Waals surface area contributed by atoms with E-state index in [-0.39, 0.29) is 42.9 Å². The molecule has 2 N–H and O–H groups in total. The third-order valence-corrected chi connectivity index (χ3v) is 0. The summed E-state index contributed by atoms with van der Waals surface area (Å²) in [6.45, 7) is 10.1. The van der Waals surface area contributed by atoms with Gasteiger partial charge in [0.2, 0.25) is 0 Å². The van der Waals surface area contributed by atoms with Crippen molar-refractivity contribution in [2.24, 2.45) is 0 Å².